The Labute approximate surface area is 111 Å². The Kier molecular flexibility index (Phi) is 3.82. The minimum atomic E-state index is -1.28. The topological polar surface area (TPSA) is 78.4 Å². The highest BCUT2D eigenvalue weighted by atomic mass is 19.1. The Hall–Kier alpha value is -2.25. The second-order valence-electron chi connectivity index (χ2n) is 4.50. The van der Waals surface area contributed by atoms with Crippen molar-refractivity contribution in [2.24, 2.45) is 5.92 Å². The van der Waals surface area contributed by atoms with E-state index in [0.717, 1.165) is 0 Å². The van der Waals surface area contributed by atoms with Crippen LogP contribution in [0.3, 0.4) is 0 Å². The molecule has 3 N–H and O–H groups in total. The molecule has 0 aliphatic heterocycles. The summed E-state index contributed by atoms with van der Waals surface area (Å²) in [6.07, 6.45) is 1.33. The van der Waals surface area contributed by atoms with Gasteiger partial charge in [-0.3, -0.25) is 0 Å². The maximum atomic E-state index is 13.3. The van der Waals surface area contributed by atoms with Gasteiger partial charge in [0, 0.05) is 12.1 Å². The summed E-state index contributed by atoms with van der Waals surface area (Å²) in [5, 5.41) is 12.9. The quantitative estimate of drug-likeness (QED) is 0.793. The molecule has 0 bridgehead atoms. The van der Waals surface area contributed by atoms with E-state index in [-0.39, 0.29) is 5.92 Å². The largest absolute Gasteiger partial charge is 0.480 e. The predicted molar refractivity (Wildman–Crippen MR) is 62.6 cm³/mol. The zero-order chi connectivity index (χ0) is 14.9. The molecule has 0 spiro atoms. The van der Waals surface area contributed by atoms with Crippen molar-refractivity contribution in [1.82, 2.24) is 5.32 Å². The molecular formula is C12H11F3N2O3. The van der Waals surface area contributed by atoms with E-state index in [9.17, 15) is 22.8 Å². The highest BCUT2D eigenvalue weighted by molar-refractivity contribution is 5.92. The molecule has 2 amide bonds. The number of carbonyl (C=O) groups excluding carboxylic acids is 1. The third-order valence-corrected chi connectivity index (χ3v) is 2.89. The van der Waals surface area contributed by atoms with Crippen LogP contribution in [-0.4, -0.2) is 23.1 Å². The van der Waals surface area contributed by atoms with E-state index in [4.69, 9.17) is 5.11 Å². The number of aliphatic carboxylic acids is 1. The molecule has 108 valence electrons. The normalized spacial score (nSPS) is 15.6. The number of halogens is 3. The molecule has 0 saturated heterocycles. The molecule has 1 aromatic carbocycles. The lowest BCUT2D eigenvalue weighted by Gasteiger charge is -2.15. The number of carboxylic acids is 1. The highest BCUT2D eigenvalue weighted by Crippen LogP contribution is 2.32. The van der Waals surface area contributed by atoms with Crippen LogP contribution in [0.4, 0.5) is 23.7 Å². The first-order valence-corrected chi connectivity index (χ1v) is 5.83. The summed E-state index contributed by atoms with van der Waals surface area (Å²) in [5.41, 5.74) is -0.830. The van der Waals surface area contributed by atoms with Crippen LogP contribution in [0.2, 0.25) is 0 Å². The van der Waals surface area contributed by atoms with Gasteiger partial charge in [0.05, 0.1) is 0 Å². The van der Waals surface area contributed by atoms with Gasteiger partial charge in [0.1, 0.15) is 17.5 Å². The number of urea groups is 1. The maximum absolute atomic E-state index is 13.3. The number of hydrogen-bond acceptors (Lipinski definition) is 2. The van der Waals surface area contributed by atoms with Gasteiger partial charge in [0.15, 0.2) is 11.6 Å². The van der Waals surface area contributed by atoms with Crippen LogP contribution in [0.1, 0.15) is 12.8 Å². The van der Waals surface area contributed by atoms with E-state index < -0.39 is 41.2 Å². The Morgan fingerprint density at radius 2 is 1.75 bits per heavy atom. The van der Waals surface area contributed by atoms with Crippen LogP contribution in [0.5, 0.6) is 0 Å². The molecule has 1 aliphatic carbocycles. The molecule has 1 fully saturated rings. The number of nitrogens with one attached hydrogen (secondary N) is 2. The molecule has 0 aromatic heterocycles. The molecular weight excluding hydrogens is 277 g/mol. The fourth-order valence-electron chi connectivity index (χ4n) is 1.76. The van der Waals surface area contributed by atoms with Crippen molar-refractivity contribution in [3.63, 3.8) is 0 Å². The summed E-state index contributed by atoms with van der Waals surface area (Å²) >= 11 is 0. The summed E-state index contributed by atoms with van der Waals surface area (Å²) in [7, 11) is 0. The molecule has 1 aromatic rings. The van der Waals surface area contributed by atoms with Crippen molar-refractivity contribution in [2.75, 3.05) is 5.32 Å². The average Bonchev–Trinajstić information content (AvgIpc) is 3.14. The van der Waals surface area contributed by atoms with Crippen LogP contribution in [-0.2, 0) is 4.79 Å². The second-order valence-corrected chi connectivity index (χ2v) is 4.50. The van der Waals surface area contributed by atoms with Crippen molar-refractivity contribution < 1.29 is 27.9 Å². The van der Waals surface area contributed by atoms with E-state index in [0.29, 0.717) is 25.0 Å². The first kappa shape index (κ1) is 14.2. The third kappa shape index (κ3) is 3.19. The van der Waals surface area contributed by atoms with Crippen LogP contribution >= 0.6 is 0 Å². The molecule has 1 saturated carbocycles. The Balaban J connectivity index is 2.06. The smallest absolute Gasteiger partial charge is 0.326 e. The Morgan fingerprint density at radius 1 is 1.20 bits per heavy atom. The Morgan fingerprint density at radius 3 is 2.20 bits per heavy atom. The van der Waals surface area contributed by atoms with E-state index in [1.807, 2.05) is 5.32 Å². The van der Waals surface area contributed by atoms with E-state index in [2.05, 4.69) is 5.32 Å². The first-order chi connectivity index (χ1) is 9.38. The van der Waals surface area contributed by atoms with Gasteiger partial charge in [-0.2, -0.15) is 0 Å². The molecule has 8 heteroatoms. The van der Waals surface area contributed by atoms with Crippen LogP contribution in [0.25, 0.3) is 0 Å². The van der Waals surface area contributed by atoms with Crippen molar-refractivity contribution >= 4 is 17.7 Å². The zero-order valence-electron chi connectivity index (χ0n) is 10.1. The minimum Gasteiger partial charge on any atom is -0.480 e. The summed E-state index contributed by atoms with van der Waals surface area (Å²) in [5.74, 6) is -5.08. The number of carbonyl (C=O) groups is 2. The summed E-state index contributed by atoms with van der Waals surface area (Å²) in [6, 6.07) is -1.35. The second kappa shape index (κ2) is 5.40. The number of hydrogen-bond donors (Lipinski definition) is 3. The van der Waals surface area contributed by atoms with Gasteiger partial charge in [0.2, 0.25) is 0 Å². The molecule has 2 rings (SSSR count). The fraction of sp³-hybridized carbons (Fsp3) is 0.333. The zero-order valence-corrected chi connectivity index (χ0v) is 10.1. The molecule has 1 atom stereocenters. The lowest BCUT2D eigenvalue weighted by molar-refractivity contribution is -0.139. The number of anilines is 1. The van der Waals surface area contributed by atoms with Crippen molar-refractivity contribution in [1.29, 1.82) is 0 Å². The van der Waals surface area contributed by atoms with Gasteiger partial charge in [-0.05, 0) is 18.8 Å². The van der Waals surface area contributed by atoms with E-state index in [1.54, 1.807) is 0 Å². The van der Waals surface area contributed by atoms with Crippen LogP contribution in [0.15, 0.2) is 12.1 Å². The standard InChI is InChI=1S/C12H11F3N2O3/c13-6-3-7(14)10(8(15)4-6)17-12(20)16-9(11(18)19)5-1-2-5/h3-5,9H,1-2H2,(H,18,19)(H2,16,17,20). The predicted octanol–water partition coefficient (Wildman–Crippen LogP) is 2.09. The lowest BCUT2D eigenvalue weighted by atomic mass is 10.2. The molecule has 1 aliphatic rings. The van der Waals surface area contributed by atoms with Gasteiger partial charge in [-0.25, -0.2) is 22.8 Å². The summed E-state index contributed by atoms with van der Waals surface area (Å²) < 4.78 is 39.3. The molecule has 0 heterocycles. The number of rotatable bonds is 4. The fourth-order valence-corrected chi connectivity index (χ4v) is 1.76. The van der Waals surface area contributed by atoms with Crippen molar-refractivity contribution in [3.05, 3.63) is 29.6 Å². The summed E-state index contributed by atoms with van der Waals surface area (Å²) in [6.45, 7) is 0. The van der Waals surface area contributed by atoms with Gasteiger partial charge < -0.3 is 15.7 Å². The number of amides is 2. The van der Waals surface area contributed by atoms with Crippen LogP contribution < -0.4 is 10.6 Å². The monoisotopic (exact) mass is 288 g/mol. The van der Waals surface area contributed by atoms with Gasteiger partial charge >= 0.3 is 12.0 Å². The van der Waals surface area contributed by atoms with Crippen LogP contribution in [0, 0.1) is 23.4 Å². The minimum absolute atomic E-state index is 0.179. The van der Waals surface area contributed by atoms with Gasteiger partial charge in [0.25, 0.3) is 0 Å². The first-order valence-electron chi connectivity index (χ1n) is 5.83. The molecule has 20 heavy (non-hydrogen) atoms. The molecule has 0 radical (unpaired) electrons. The molecule has 5 nitrogen and oxygen atoms in total. The van der Waals surface area contributed by atoms with E-state index >= 15 is 0 Å². The molecule has 1 unspecified atom stereocenters. The third-order valence-electron chi connectivity index (χ3n) is 2.89. The van der Waals surface area contributed by atoms with Gasteiger partial charge in [-0.1, -0.05) is 0 Å². The number of carboxylic acid groups (broad SMARTS) is 1. The van der Waals surface area contributed by atoms with Crippen molar-refractivity contribution in [2.45, 2.75) is 18.9 Å². The van der Waals surface area contributed by atoms with Crippen molar-refractivity contribution in [3.8, 4) is 0 Å². The summed E-state index contributed by atoms with van der Waals surface area (Å²) in [4.78, 5) is 22.4. The SMILES string of the molecule is O=C(Nc1c(F)cc(F)cc1F)NC(C(=O)O)C1CC1. The lowest BCUT2D eigenvalue weighted by Crippen LogP contribution is -2.44. The highest BCUT2D eigenvalue weighted by Gasteiger charge is 2.37. The Bertz CT molecular complexity index is 538. The van der Waals surface area contributed by atoms with Gasteiger partial charge in [-0.15, -0.1) is 0 Å². The number of benzene rings is 1. The van der Waals surface area contributed by atoms with E-state index in [1.165, 1.54) is 0 Å². The maximum Gasteiger partial charge on any atom is 0.326 e. The average molecular weight is 288 g/mol.